The largest absolute Gasteiger partial charge is 0.490 e. The van der Waals surface area contributed by atoms with Crippen LogP contribution in [0.3, 0.4) is 0 Å². The molecule has 3 aromatic rings. The topological polar surface area (TPSA) is 74.5 Å². The van der Waals surface area contributed by atoms with E-state index in [9.17, 15) is 4.79 Å². The maximum atomic E-state index is 12.0. The van der Waals surface area contributed by atoms with Crippen molar-refractivity contribution in [1.29, 1.82) is 0 Å². The summed E-state index contributed by atoms with van der Waals surface area (Å²) in [7, 11) is 0. The van der Waals surface area contributed by atoms with Gasteiger partial charge in [-0.15, -0.1) is 0 Å². The number of carbonyl (C=O) groups is 1. The molecule has 24 heavy (non-hydrogen) atoms. The molecule has 0 saturated carbocycles. The van der Waals surface area contributed by atoms with Crippen molar-refractivity contribution in [2.45, 2.75) is 19.8 Å². The van der Waals surface area contributed by atoms with Crippen LogP contribution in [0.2, 0.25) is 0 Å². The van der Waals surface area contributed by atoms with Crippen molar-refractivity contribution in [2.24, 2.45) is 0 Å². The van der Waals surface area contributed by atoms with E-state index in [-0.39, 0.29) is 12.4 Å². The normalized spacial score (nSPS) is 10.5. The minimum atomic E-state index is -0.377. The van der Waals surface area contributed by atoms with Gasteiger partial charge in [-0.2, -0.15) is 16.3 Å². The van der Waals surface area contributed by atoms with Gasteiger partial charge in [-0.1, -0.05) is 17.3 Å². The molecule has 0 N–H and O–H groups in total. The fraction of sp³-hybridized carbons (Fsp3) is 0.235. The number of para-hydroxylation sites is 2. The van der Waals surface area contributed by atoms with Crippen LogP contribution < -0.4 is 9.47 Å². The summed E-state index contributed by atoms with van der Waals surface area (Å²) in [4.78, 5) is 16.3. The zero-order chi connectivity index (χ0) is 16.8. The Morgan fingerprint density at radius 2 is 2.08 bits per heavy atom. The Kier molecular flexibility index (Phi) is 5.22. The molecule has 0 fully saturated rings. The van der Waals surface area contributed by atoms with E-state index in [1.807, 2.05) is 29.8 Å². The van der Waals surface area contributed by atoms with Crippen LogP contribution in [0.25, 0.3) is 11.4 Å². The molecule has 0 unspecified atom stereocenters. The first-order chi connectivity index (χ1) is 11.8. The van der Waals surface area contributed by atoms with E-state index in [2.05, 4.69) is 10.1 Å². The highest BCUT2D eigenvalue weighted by Crippen LogP contribution is 2.27. The summed E-state index contributed by atoms with van der Waals surface area (Å²) < 4.78 is 15.9. The van der Waals surface area contributed by atoms with Gasteiger partial charge in [-0.05, 0) is 30.5 Å². The fourth-order valence-electron chi connectivity index (χ4n) is 2.06. The predicted molar refractivity (Wildman–Crippen MR) is 89.2 cm³/mol. The molecule has 124 valence electrons. The molecule has 2 aromatic heterocycles. The highest BCUT2D eigenvalue weighted by molar-refractivity contribution is 7.08. The van der Waals surface area contributed by atoms with Gasteiger partial charge in [0, 0.05) is 17.4 Å². The van der Waals surface area contributed by atoms with Crippen molar-refractivity contribution in [3.63, 3.8) is 0 Å². The molecular weight excluding hydrogens is 328 g/mol. The van der Waals surface area contributed by atoms with Crippen molar-refractivity contribution in [3.05, 3.63) is 47.0 Å². The van der Waals surface area contributed by atoms with Crippen LogP contribution in [0.5, 0.6) is 11.5 Å². The number of aromatic nitrogens is 2. The SMILES string of the molecule is CCOc1ccccc1OC(=O)CCc1nc(-c2ccsc2)no1. The van der Waals surface area contributed by atoms with E-state index in [1.165, 1.54) is 0 Å². The number of aryl methyl sites for hydroxylation is 1. The van der Waals surface area contributed by atoms with Crippen molar-refractivity contribution in [2.75, 3.05) is 6.61 Å². The number of hydrogen-bond donors (Lipinski definition) is 0. The Balaban J connectivity index is 1.56. The summed E-state index contributed by atoms with van der Waals surface area (Å²) >= 11 is 1.56. The molecule has 7 heteroatoms. The number of ether oxygens (including phenoxy) is 2. The van der Waals surface area contributed by atoms with Gasteiger partial charge in [0.25, 0.3) is 0 Å². The van der Waals surface area contributed by atoms with Crippen molar-refractivity contribution >= 4 is 17.3 Å². The number of rotatable bonds is 7. The van der Waals surface area contributed by atoms with Crippen LogP contribution in [0.4, 0.5) is 0 Å². The molecule has 0 aliphatic rings. The van der Waals surface area contributed by atoms with Gasteiger partial charge in [0.05, 0.1) is 13.0 Å². The van der Waals surface area contributed by atoms with Crippen molar-refractivity contribution < 1.29 is 18.8 Å². The minimum Gasteiger partial charge on any atom is -0.490 e. The quantitative estimate of drug-likeness (QED) is 0.480. The maximum Gasteiger partial charge on any atom is 0.311 e. The summed E-state index contributed by atoms with van der Waals surface area (Å²) in [6.07, 6.45) is 0.471. The Bertz CT molecular complexity index is 799. The van der Waals surface area contributed by atoms with E-state index in [1.54, 1.807) is 29.5 Å². The van der Waals surface area contributed by atoms with Crippen LogP contribution in [0.1, 0.15) is 19.2 Å². The molecular formula is C17H16N2O4S. The predicted octanol–water partition coefficient (Wildman–Crippen LogP) is 3.74. The summed E-state index contributed by atoms with van der Waals surface area (Å²) in [5, 5.41) is 7.79. The zero-order valence-corrected chi connectivity index (χ0v) is 13.9. The first-order valence-electron chi connectivity index (χ1n) is 7.54. The third-order valence-corrected chi connectivity index (χ3v) is 3.85. The molecule has 0 aliphatic heterocycles. The lowest BCUT2D eigenvalue weighted by Crippen LogP contribution is -2.10. The summed E-state index contributed by atoms with van der Waals surface area (Å²) in [5.41, 5.74) is 0.906. The van der Waals surface area contributed by atoms with E-state index < -0.39 is 0 Å². The standard InChI is InChI=1S/C17H16N2O4S/c1-2-21-13-5-3-4-6-14(13)22-16(20)8-7-15-18-17(19-23-15)12-9-10-24-11-12/h3-6,9-11H,2,7-8H2,1H3. The Hall–Kier alpha value is -2.67. The molecule has 0 spiro atoms. The number of nitrogens with zero attached hydrogens (tertiary/aromatic N) is 2. The monoisotopic (exact) mass is 344 g/mol. The van der Waals surface area contributed by atoms with E-state index in [0.29, 0.717) is 36.2 Å². The van der Waals surface area contributed by atoms with Gasteiger partial charge in [-0.25, -0.2) is 0 Å². The van der Waals surface area contributed by atoms with Gasteiger partial charge < -0.3 is 14.0 Å². The molecule has 0 amide bonds. The number of benzene rings is 1. The fourth-order valence-corrected chi connectivity index (χ4v) is 2.69. The average Bonchev–Trinajstić information content (AvgIpc) is 3.26. The molecule has 0 atom stereocenters. The third-order valence-electron chi connectivity index (χ3n) is 3.16. The van der Waals surface area contributed by atoms with E-state index >= 15 is 0 Å². The summed E-state index contributed by atoms with van der Waals surface area (Å²) in [5.74, 6) is 1.52. The van der Waals surface area contributed by atoms with Gasteiger partial charge in [-0.3, -0.25) is 4.79 Å². The Labute approximate surface area is 143 Å². The molecule has 1 aromatic carbocycles. The zero-order valence-electron chi connectivity index (χ0n) is 13.1. The molecule has 0 radical (unpaired) electrons. The Morgan fingerprint density at radius 3 is 2.83 bits per heavy atom. The first-order valence-corrected chi connectivity index (χ1v) is 8.48. The average molecular weight is 344 g/mol. The smallest absolute Gasteiger partial charge is 0.311 e. The van der Waals surface area contributed by atoms with Gasteiger partial charge in [0.1, 0.15) is 0 Å². The number of carbonyl (C=O) groups excluding carboxylic acids is 1. The molecule has 0 bridgehead atoms. The lowest BCUT2D eigenvalue weighted by Gasteiger charge is -2.09. The van der Waals surface area contributed by atoms with Gasteiger partial charge in [0.2, 0.25) is 11.7 Å². The highest BCUT2D eigenvalue weighted by Gasteiger charge is 2.13. The second kappa shape index (κ2) is 7.74. The summed E-state index contributed by atoms with van der Waals surface area (Å²) in [6, 6.07) is 8.99. The molecule has 2 heterocycles. The second-order valence-corrected chi connectivity index (χ2v) is 5.66. The molecule has 3 rings (SSSR count). The van der Waals surface area contributed by atoms with Gasteiger partial charge >= 0.3 is 5.97 Å². The lowest BCUT2D eigenvalue weighted by molar-refractivity contribution is -0.134. The second-order valence-electron chi connectivity index (χ2n) is 4.88. The Morgan fingerprint density at radius 1 is 1.25 bits per heavy atom. The minimum absolute atomic E-state index is 0.145. The van der Waals surface area contributed by atoms with Crippen LogP contribution in [0.15, 0.2) is 45.6 Å². The maximum absolute atomic E-state index is 12.0. The van der Waals surface area contributed by atoms with Crippen LogP contribution in [0, 0.1) is 0 Å². The van der Waals surface area contributed by atoms with E-state index in [0.717, 1.165) is 5.56 Å². The molecule has 6 nitrogen and oxygen atoms in total. The molecule has 0 saturated heterocycles. The van der Waals surface area contributed by atoms with Crippen LogP contribution >= 0.6 is 11.3 Å². The highest BCUT2D eigenvalue weighted by atomic mass is 32.1. The van der Waals surface area contributed by atoms with E-state index in [4.69, 9.17) is 14.0 Å². The van der Waals surface area contributed by atoms with Gasteiger partial charge in [0.15, 0.2) is 11.5 Å². The van der Waals surface area contributed by atoms with Crippen molar-refractivity contribution in [3.8, 4) is 22.9 Å². The van der Waals surface area contributed by atoms with Crippen LogP contribution in [-0.2, 0) is 11.2 Å². The van der Waals surface area contributed by atoms with Crippen molar-refractivity contribution in [1.82, 2.24) is 10.1 Å². The number of esters is 1. The van der Waals surface area contributed by atoms with Crippen LogP contribution in [-0.4, -0.2) is 22.7 Å². The number of thiophene rings is 1. The third kappa shape index (κ3) is 3.99. The lowest BCUT2D eigenvalue weighted by atomic mass is 10.3. The number of hydrogen-bond acceptors (Lipinski definition) is 7. The summed E-state index contributed by atoms with van der Waals surface area (Å²) in [6.45, 7) is 2.38. The molecule has 0 aliphatic carbocycles. The first kappa shape index (κ1) is 16.2.